The van der Waals surface area contributed by atoms with Crippen molar-refractivity contribution in [3.05, 3.63) is 41.7 Å². The second kappa shape index (κ2) is 4.63. The molecule has 0 aliphatic rings. The minimum absolute atomic E-state index is 0.240. The van der Waals surface area contributed by atoms with E-state index in [1.165, 1.54) is 6.26 Å². The van der Waals surface area contributed by atoms with Crippen LogP contribution in [0.3, 0.4) is 0 Å². The maximum atomic E-state index is 11.6. The first-order valence-corrected chi connectivity index (χ1v) is 4.76. The van der Waals surface area contributed by atoms with Gasteiger partial charge in [-0.15, -0.1) is 0 Å². The number of furan rings is 1. The Kier molecular flexibility index (Phi) is 3.02. The van der Waals surface area contributed by atoms with Crippen LogP contribution in [0, 0.1) is 0 Å². The number of nitrogens with two attached hydrogens (primary N) is 1. The van der Waals surface area contributed by atoms with Gasteiger partial charge >= 0.3 is 0 Å². The lowest BCUT2D eigenvalue weighted by Crippen LogP contribution is -2.22. The first-order chi connectivity index (χ1) is 7.79. The summed E-state index contributed by atoms with van der Waals surface area (Å²) in [5, 5.41) is 6.31. The Bertz CT molecular complexity index is 461. The summed E-state index contributed by atoms with van der Waals surface area (Å²) in [6.45, 7) is 0.574. The van der Waals surface area contributed by atoms with Gasteiger partial charge in [0, 0.05) is 6.07 Å². The largest absolute Gasteiger partial charge is 0.455 e. The number of nitrogens with one attached hydrogen (secondary N) is 1. The molecule has 3 N–H and O–H groups in total. The lowest BCUT2D eigenvalue weighted by atomic mass is 10.4. The Balaban J connectivity index is 1.93. The molecule has 0 aliphatic carbocycles. The number of rotatable bonds is 4. The smallest absolute Gasteiger partial charge is 0.287 e. The molecule has 0 aliphatic heterocycles. The van der Waals surface area contributed by atoms with E-state index in [9.17, 15) is 4.79 Å². The Morgan fingerprint density at radius 2 is 2.31 bits per heavy atom. The predicted octanol–water partition coefficient (Wildman–Crippen LogP) is 0.656. The van der Waals surface area contributed by atoms with Crippen LogP contribution in [-0.4, -0.2) is 11.1 Å². The van der Waals surface area contributed by atoms with E-state index in [-0.39, 0.29) is 18.2 Å². The Morgan fingerprint density at radius 1 is 1.44 bits per heavy atom. The van der Waals surface area contributed by atoms with E-state index in [1.807, 2.05) is 0 Å². The molecule has 0 spiro atoms. The van der Waals surface area contributed by atoms with Gasteiger partial charge in [-0.25, -0.2) is 0 Å². The lowest BCUT2D eigenvalue weighted by molar-refractivity contribution is 0.0920. The predicted molar refractivity (Wildman–Crippen MR) is 54.3 cm³/mol. The standard InChI is InChI=1S/C10H11N3O3/c11-5-8-1-2-9(16-8)10(14)12-6-7-3-4-15-13-7/h1-4H,5-6,11H2,(H,12,14). The highest BCUT2D eigenvalue weighted by molar-refractivity contribution is 5.91. The van der Waals surface area contributed by atoms with Crippen molar-refractivity contribution in [1.82, 2.24) is 10.5 Å². The highest BCUT2D eigenvalue weighted by Gasteiger charge is 2.10. The first kappa shape index (κ1) is 10.4. The van der Waals surface area contributed by atoms with Crippen LogP contribution >= 0.6 is 0 Å². The number of aromatic nitrogens is 1. The fourth-order valence-corrected chi connectivity index (χ4v) is 1.20. The number of carbonyl (C=O) groups is 1. The second-order valence-corrected chi connectivity index (χ2v) is 3.14. The van der Waals surface area contributed by atoms with Crippen LogP contribution in [0.1, 0.15) is 22.0 Å². The van der Waals surface area contributed by atoms with Crippen LogP contribution in [0.2, 0.25) is 0 Å². The van der Waals surface area contributed by atoms with Gasteiger partial charge in [0.25, 0.3) is 5.91 Å². The first-order valence-electron chi connectivity index (χ1n) is 4.76. The van der Waals surface area contributed by atoms with Gasteiger partial charge in [-0.2, -0.15) is 0 Å². The molecule has 0 fully saturated rings. The van der Waals surface area contributed by atoms with E-state index >= 15 is 0 Å². The molecule has 0 saturated heterocycles. The molecule has 2 aromatic rings. The Labute approximate surface area is 91.4 Å². The van der Waals surface area contributed by atoms with Crippen LogP contribution < -0.4 is 11.1 Å². The van der Waals surface area contributed by atoms with Crippen LogP contribution in [0.4, 0.5) is 0 Å². The van der Waals surface area contributed by atoms with Crippen molar-refractivity contribution in [3.63, 3.8) is 0 Å². The summed E-state index contributed by atoms with van der Waals surface area (Å²) in [6.07, 6.45) is 1.45. The molecule has 0 saturated carbocycles. The summed E-state index contributed by atoms with van der Waals surface area (Å²) >= 11 is 0. The van der Waals surface area contributed by atoms with E-state index in [0.717, 1.165) is 0 Å². The van der Waals surface area contributed by atoms with E-state index in [2.05, 4.69) is 15.0 Å². The van der Waals surface area contributed by atoms with Crippen LogP contribution in [0.5, 0.6) is 0 Å². The topological polar surface area (TPSA) is 94.3 Å². The third-order valence-electron chi connectivity index (χ3n) is 2.01. The maximum absolute atomic E-state index is 11.6. The molecular formula is C10H11N3O3. The summed E-state index contributed by atoms with van der Waals surface area (Å²) in [5.41, 5.74) is 6.02. The van der Waals surface area contributed by atoms with Gasteiger partial charge in [-0.3, -0.25) is 4.79 Å². The molecule has 16 heavy (non-hydrogen) atoms. The molecule has 0 bridgehead atoms. The molecule has 6 heteroatoms. The van der Waals surface area contributed by atoms with Gasteiger partial charge in [-0.05, 0) is 12.1 Å². The van der Waals surface area contributed by atoms with Crippen LogP contribution in [-0.2, 0) is 13.1 Å². The van der Waals surface area contributed by atoms with E-state index in [1.54, 1.807) is 18.2 Å². The van der Waals surface area contributed by atoms with E-state index in [4.69, 9.17) is 10.2 Å². The number of hydrogen-bond donors (Lipinski definition) is 2. The van der Waals surface area contributed by atoms with Crippen LogP contribution in [0.25, 0.3) is 0 Å². The van der Waals surface area contributed by atoms with Gasteiger partial charge in [-0.1, -0.05) is 5.16 Å². The lowest BCUT2D eigenvalue weighted by Gasteiger charge is -1.99. The van der Waals surface area contributed by atoms with E-state index in [0.29, 0.717) is 18.0 Å². The van der Waals surface area contributed by atoms with Gasteiger partial charge in [0.2, 0.25) is 0 Å². The highest BCUT2D eigenvalue weighted by Crippen LogP contribution is 2.07. The zero-order chi connectivity index (χ0) is 11.4. The zero-order valence-electron chi connectivity index (χ0n) is 8.47. The quantitative estimate of drug-likeness (QED) is 0.790. The molecule has 0 atom stereocenters. The normalized spacial score (nSPS) is 10.3. The molecule has 2 rings (SSSR count). The monoisotopic (exact) mass is 221 g/mol. The molecular weight excluding hydrogens is 210 g/mol. The third-order valence-corrected chi connectivity index (χ3v) is 2.01. The molecule has 2 heterocycles. The molecule has 84 valence electrons. The van der Waals surface area contributed by atoms with E-state index < -0.39 is 0 Å². The van der Waals surface area contributed by atoms with Crippen LogP contribution in [0.15, 0.2) is 33.4 Å². The molecule has 6 nitrogen and oxygen atoms in total. The van der Waals surface area contributed by atoms with Crippen molar-refractivity contribution in [2.24, 2.45) is 5.73 Å². The minimum Gasteiger partial charge on any atom is -0.455 e. The summed E-state index contributed by atoms with van der Waals surface area (Å²) < 4.78 is 9.82. The van der Waals surface area contributed by atoms with Crippen molar-refractivity contribution in [3.8, 4) is 0 Å². The Hall–Kier alpha value is -2.08. The second-order valence-electron chi connectivity index (χ2n) is 3.14. The number of nitrogens with zero attached hydrogens (tertiary/aromatic N) is 1. The van der Waals surface area contributed by atoms with Gasteiger partial charge in [0.05, 0.1) is 13.1 Å². The van der Waals surface area contributed by atoms with Crippen molar-refractivity contribution >= 4 is 5.91 Å². The summed E-state index contributed by atoms with van der Waals surface area (Å²) in [4.78, 5) is 11.6. The van der Waals surface area contributed by atoms with Gasteiger partial charge in [0.15, 0.2) is 5.76 Å². The fraction of sp³-hybridized carbons (Fsp3) is 0.200. The number of amides is 1. The minimum atomic E-state index is -0.303. The SMILES string of the molecule is NCc1ccc(C(=O)NCc2ccon2)o1. The number of carbonyl (C=O) groups excluding carboxylic acids is 1. The van der Waals surface area contributed by atoms with Gasteiger partial charge < -0.3 is 20.0 Å². The third kappa shape index (κ3) is 2.29. The average Bonchev–Trinajstić information content (AvgIpc) is 2.96. The summed E-state index contributed by atoms with van der Waals surface area (Å²) in [5.74, 6) is 0.512. The molecule has 0 unspecified atom stereocenters. The molecule has 1 amide bonds. The summed E-state index contributed by atoms with van der Waals surface area (Å²) in [6, 6.07) is 4.93. The van der Waals surface area contributed by atoms with Gasteiger partial charge in [0.1, 0.15) is 17.7 Å². The van der Waals surface area contributed by atoms with Crippen molar-refractivity contribution < 1.29 is 13.7 Å². The number of hydrogen-bond acceptors (Lipinski definition) is 5. The van der Waals surface area contributed by atoms with Crippen molar-refractivity contribution in [2.45, 2.75) is 13.1 Å². The van der Waals surface area contributed by atoms with Crippen molar-refractivity contribution in [2.75, 3.05) is 0 Å². The Morgan fingerprint density at radius 3 is 2.94 bits per heavy atom. The highest BCUT2D eigenvalue weighted by atomic mass is 16.5. The summed E-state index contributed by atoms with van der Waals surface area (Å²) in [7, 11) is 0. The maximum Gasteiger partial charge on any atom is 0.287 e. The van der Waals surface area contributed by atoms with Crippen molar-refractivity contribution in [1.29, 1.82) is 0 Å². The molecule has 0 aromatic carbocycles. The average molecular weight is 221 g/mol. The fourth-order valence-electron chi connectivity index (χ4n) is 1.20. The molecule has 0 radical (unpaired) electrons. The molecule has 2 aromatic heterocycles. The zero-order valence-corrected chi connectivity index (χ0v) is 8.47.